The van der Waals surface area contributed by atoms with E-state index in [0.717, 1.165) is 18.4 Å². The summed E-state index contributed by atoms with van der Waals surface area (Å²) in [4.78, 5) is 25.6. The molecule has 4 nitrogen and oxygen atoms in total. The Morgan fingerprint density at radius 1 is 1.26 bits per heavy atom. The zero-order valence-corrected chi connectivity index (χ0v) is 11.6. The minimum atomic E-state index is -0.557. The van der Waals surface area contributed by atoms with Gasteiger partial charge in [-0.15, -0.1) is 0 Å². The lowest BCUT2D eigenvalue weighted by molar-refractivity contribution is -0.151. The Morgan fingerprint density at radius 3 is 2.32 bits per heavy atom. The van der Waals surface area contributed by atoms with Crippen molar-refractivity contribution in [1.82, 2.24) is 4.90 Å². The van der Waals surface area contributed by atoms with Crippen LogP contribution in [0.2, 0.25) is 0 Å². The molecule has 1 aromatic rings. The summed E-state index contributed by atoms with van der Waals surface area (Å²) in [6, 6.07) is 9.20. The number of likely N-dealkylation sites (N-methyl/N-ethyl adjacent to an activating group) is 1. The Kier molecular flexibility index (Phi) is 3.60. The van der Waals surface area contributed by atoms with Gasteiger partial charge in [0.05, 0.1) is 12.5 Å². The molecule has 1 aliphatic carbocycles. The van der Waals surface area contributed by atoms with Crippen molar-refractivity contribution in [2.45, 2.75) is 31.2 Å². The van der Waals surface area contributed by atoms with E-state index >= 15 is 0 Å². The van der Waals surface area contributed by atoms with Gasteiger partial charge >= 0.3 is 5.97 Å². The lowest BCUT2D eigenvalue weighted by Gasteiger charge is -2.27. The Hall–Kier alpha value is -1.84. The topological polar surface area (TPSA) is 46.6 Å². The van der Waals surface area contributed by atoms with Crippen molar-refractivity contribution in [1.29, 1.82) is 0 Å². The van der Waals surface area contributed by atoms with Crippen molar-refractivity contribution >= 4 is 11.9 Å². The molecule has 1 saturated carbocycles. The minimum Gasteiger partial charge on any atom is -0.467 e. The second-order valence-electron chi connectivity index (χ2n) is 5.06. The summed E-state index contributed by atoms with van der Waals surface area (Å²) in [5.41, 5.74) is 0.599. The Labute approximate surface area is 113 Å². The van der Waals surface area contributed by atoms with E-state index in [4.69, 9.17) is 0 Å². The Balaban J connectivity index is 2.18. The van der Waals surface area contributed by atoms with Crippen molar-refractivity contribution in [2.24, 2.45) is 0 Å². The predicted molar refractivity (Wildman–Crippen MR) is 71.6 cm³/mol. The highest BCUT2D eigenvalue weighted by molar-refractivity contribution is 5.94. The summed E-state index contributed by atoms with van der Waals surface area (Å²) < 4.78 is 4.69. The number of carbonyl (C=O) groups excluding carboxylic acids is 2. The molecule has 1 amide bonds. The number of esters is 1. The monoisotopic (exact) mass is 261 g/mol. The molecule has 0 spiro atoms. The van der Waals surface area contributed by atoms with E-state index in [9.17, 15) is 9.59 Å². The van der Waals surface area contributed by atoms with Crippen LogP contribution >= 0.6 is 0 Å². The first kappa shape index (κ1) is 13.6. The third-order valence-corrected chi connectivity index (χ3v) is 3.93. The predicted octanol–water partition coefficient (Wildman–Crippen LogP) is 1.74. The summed E-state index contributed by atoms with van der Waals surface area (Å²) in [7, 11) is 2.99. The highest BCUT2D eigenvalue weighted by Crippen LogP contribution is 2.49. The van der Waals surface area contributed by atoms with Crippen LogP contribution in [0, 0.1) is 0 Å². The van der Waals surface area contributed by atoms with Gasteiger partial charge in [-0.25, -0.2) is 4.79 Å². The Bertz CT molecular complexity index is 479. The number of rotatable bonds is 4. The first-order valence-corrected chi connectivity index (χ1v) is 6.43. The standard InChI is InChI=1S/C15H19NO3/c1-11(13(17)19-3)16(2)14(18)15(9-10-15)12-7-5-4-6-8-12/h4-8,11H,9-10H2,1-3H3. The third-order valence-electron chi connectivity index (χ3n) is 3.93. The van der Waals surface area contributed by atoms with Gasteiger partial charge in [0.2, 0.25) is 5.91 Å². The summed E-state index contributed by atoms with van der Waals surface area (Å²) >= 11 is 0. The second kappa shape index (κ2) is 5.03. The van der Waals surface area contributed by atoms with Crippen molar-refractivity contribution in [3.05, 3.63) is 35.9 Å². The van der Waals surface area contributed by atoms with Crippen LogP contribution in [-0.2, 0) is 19.7 Å². The molecule has 0 bridgehead atoms. The molecule has 1 aliphatic rings. The van der Waals surface area contributed by atoms with E-state index in [2.05, 4.69) is 4.74 Å². The van der Waals surface area contributed by atoms with E-state index in [1.165, 1.54) is 12.0 Å². The fourth-order valence-corrected chi connectivity index (χ4v) is 2.35. The summed E-state index contributed by atoms with van der Waals surface area (Å²) in [6.07, 6.45) is 1.68. The smallest absolute Gasteiger partial charge is 0.328 e. The molecule has 4 heteroatoms. The van der Waals surface area contributed by atoms with Gasteiger partial charge in [-0.3, -0.25) is 4.79 Å². The van der Waals surface area contributed by atoms with E-state index in [0.29, 0.717) is 0 Å². The number of methoxy groups -OCH3 is 1. The molecule has 2 rings (SSSR count). The molecule has 0 radical (unpaired) electrons. The highest BCUT2D eigenvalue weighted by Gasteiger charge is 2.53. The zero-order valence-electron chi connectivity index (χ0n) is 11.6. The Morgan fingerprint density at radius 2 is 1.84 bits per heavy atom. The molecule has 1 fully saturated rings. The van der Waals surface area contributed by atoms with Gasteiger partial charge in [0.25, 0.3) is 0 Å². The maximum absolute atomic E-state index is 12.6. The first-order chi connectivity index (χ1) is 9.03. The fraction of sp³-hybridized carbons (Fsp3) is 0.467. The van der Waals surface area contributed by atoms with Crippen LogP contribution in [0.15, 0.2) is 30.3 Å². The van der Waals surface area contributed by atoms with Gasteiger partial charge in [-0.2, -0.15) is 0 Å². The van der Waals surface area contributed by atoms with Crippen molar-refractivity contribution in [3.63, 3.8) is 0 Å². The van der Waals surface area contributed by atoms with Gasteiger partial charge in [0, 0.05) is 7.05 Å². The van der Waals surface area contributed by atoms with Crippen LogP contribution in [0.25, 0.3) is 0 Å². The number of amides is 1. The van der Waals surface area contributed by atoms with Crippen LogP contribution in [0.3, 0.4) is 0 Å². The summed E-state index contributed by atoms with van der Waals surface area (Å²) in [5.74, 6) is -0.392. The highest BCUT2D eigenvalue weighted by atomic mass is 16.5. The number of ether oxygens (including phenoxy) is 1. The van der Waals surface area contributed by atoms with Crippen molar-refractivity contribution < 1.29 is 14.3 Å². The molecule has 1 aromatic carbocycles. The SMILES string of the molecule is COC(=O)C(C)N(C)C(=O)C1(c2ccccc2)CC1. The van der Waals surface area contributed by atoms with Crippen molar-refractivity contribution in [2.75, 3.05) is 14.2 Å². The molecule has 102 valence electrons. The third kappa shape index (κ3) is 2.35. The van der Waals surface area contributed by atoms with Crippen LogP contribution in [0.1, 0.15) is 25.3 Å². The number of benzene rings is 1. The molecule has 0 N–H and O–H groups in total. The summed E-state index contributed by atoms with van der Waals surface area (Å²) in [5, 5.41) is 0. The van der Waals surface area contributed by atoms with Crippen LogP contribution in [-0.4, -0.2) is 37.0 Å². The lowest BCUT2D eigenvalue weighted by Crippen LogP contribution is -2.45. The van der Waals surface area contributed by atoms with E-state index in [-0.39, 0.29) is 11.9 Å². The molecule has 0 aliphatic heterocycles. The van der Waals surface area contributed by atoms with Crippen molar-refractivity contribution in [3.8, 4) is 0 Å². The molecular weight excluding hydrogens is 242 g/mol. The molecule has 1 atom stereocenters. The van der Waals surface area contributed by atoms with Gasteiger partial charge < -0.3 is 9.64 Å². The number of hydrogen-bond donors (Lipinski definition) is 0. The summed E-state index contributed by atoms with van der Waals surface area (Å²) in [6.45, 7) is 1.69. The lowest BCUT2D eigenvalue weighted by atomic mass is 9.94. The van der Waals surface area contributed by atoms with Gasteiger partial charge in [0.15, 0.2) is 0 Å². The van der Waals surface area contributed by atoms with Gasteiger partial charge in [-0.1, -0.05) is 30.3 Å². The van der Waals surface area contributed by atoms with E-state index in [1.807, 2.05) is 30.3 Å². The molecule has 19 heavy (non-hydrogen) atoms. The maximum Gasteiger partial charge on any atom is 0.328 e. The fourth-order valence-electron chi connectivity index (χ4n) is 2.35. The number of nitrogens with zero attached hydrogens (tertiary/aromatic N) is 1. The number of carbonyl (C=O) groups is 2. The molecule has 0 heterocycles. The van der Waals surface area contributed by atoms with E-state index in [1.54, 1.807) is 14.0 Å². The molecule has 0 saturated heterocycles. The zero-order chi connectivity index (χ0) is 14.0. The average molecular weight is 261 g/mol. The first-order valence-electron chi connectivity index (χ1n) is 6.43. The molecule has 0 aromatic heterocycles. The quantitative estimate of drug-likeness (QED) is 0.776. The normalized spacial score (nSPS) is 17.4. The minimum absolute atomic E-state index is 0.00315. The number of hydrogen-bond acceptors (Lipinski definition) is 3. The van der Waals surface area contributed by atoms with Crippen LogP contribution in [0.4, 0.5) is 0 Å². The van der Waals surface area contributed by atoms with E-state index < -0.39 is 11.5 Å². The van der Waals surface area contributed by atoms with Crippen LogP contribution < -0.4 is 0 Å². The largest absolute Gasteiger partial charge is 0.467 e. The molecular formula is C15H19NO3. The van der Waals surface area contributed by atoms with Gasteiger partial charge in [0.1, 0.15) is 6.04 Å². The molecule has 1 unspecified atom stereocenters. The second-order valence-corrected chi connectivity index (χ2v) is 5.06. The van der Waals surface area contributed by atoms with Gasteiger partial charge in [-0.05, 0) is 25.3 Å². The van der Waals surface area contributed by atoms with Crippen LogP contribution in [0.5, 0.6) is 0 Å². The average Bonchev–Trinajstić information content (AvgIpc) is 3.26. The maximum atomic E-state index is 12.6.